The minimum Gasteiger partial charge on any atom is -0.496 e. The molecule has 0 aliphatic carbocycles. The molecule has 0 saturated carbocycles. The number of methoxy groups -OCH3 is 4. The number of hydrogen-bond acceptors (Lipinski definition) is 11. The molecule has 15 nitrogen and oxygen atoms in total. The third-order valence-corrected chi connectivity index (χ3v) is 6.55. The van der Waals surface area contributed by atoms with Crippen molar-refractivity contribution < 1.29 is 46.6 Å². The first kappa shape index (κ1) is 30.3. The molecule has 16 heteroatoms. The molecule has 0 heterocycles. The fourth-order valence-electron chi connectivity index (χ4n) is 3.89. The van der Waals surface area contributed by atoms with Crippen LogP contribution >= 0.6 is 0 Å². The molecule has 41 heavy (non-hydrogen) atoms. The van der Waals surface area contributed by atoms with Crippen molar-refractivity contribution in [2.75, 3.05) is 33.8 Å². The summed E-state index contributed by atoms with van der Waals surface area (Å²) in [5.41, 5.74) is -2.71. The highest BCUT2D eigenvalue weighted by atomic mass is 32.2. The topological polar surface area (TPSA) is 207 Å². The van der Waals surface area contributed by atoms with Gasteiger partial charge in [0, 0.05) is 35.5 Å². The van der Waals surface area contributed by atoms with Crippen LogP contribution in [-0.2, 0) is 14.9 Å². The molecule has 3 aromatic rings. The van der Waals surface area contributed by atoms with Gasteiger partial charge in [-0.15, -0.1) is 0 Å². The van der Waals surface area contributed by atoms with Gasteiger partial charge in [0.25, 0.3) is 5.69 Å². The average molecular weight is 590 g/mol. The fraction of sp³-hybridized carbons (Fsp3) is 0.160. The first-order chi connectivity index (χ1) is 19.4. The molecule has 0 radical (unpaired) electrons. The monoisotopic (exact) mass is 589 g/mol. The second kappa shape index (κ2) is 12.3. The van der Waals surface area contributed by atoms with Crippen LogP contribution in [0.15, 0.2) is 53.4 Å². The molecule has 3 rings (SSSR count). The molecule has 0 aliphatic rings. The van der Waals surface area contributed by atoms with Crippen LogP contribution in [0.2, 0.25) is 0 Å². The molecule has 0 atom stereocenters. The third kappa shape index (κ3) is 6.51. The summed E-state index contributed by atoms with van der Waals surface area (Å²) >= 11 is 0. The first-order valence-electron chi connectivity index (χ1n) is 11.3. The lowest BCUT2D eigenvalue weighted by atomic mass is 9.99. The zero-order valence-electron chi connectivity index (χ0n) is 21.9. The van der Waals surface area contributed by atoms with E-state index >= 15 is 0 Å². The van der Waals surface area contributed by atoms with Crippen molar-refractivity contribution in [3.05, 3.63) is 74.3 Å². The summed E-state index contributed by atoms with van der Waals surface area (Å²) in [6, 6.07) is 8.16. The molecular formula is C25H23N3O12S. The number of carbonyl (C=O) groups excluding carboxylic acids is 1. The standard InChI is InChI=1S/C25H23N3O12S/c1-37-15-12-20(39-3)16(21(13-15)40-4)6-10-23(29)26-14-5-8-19(38-2)17(11-14)24-18(27(30)31)7-9-22(41(34,35)36)25(24)28(32)33/h5-13H,1-4H3,(H,26,29)(H,34,35,36)/b10-6+. The number of nitro benzene ring substituents is 2. The van der Waals surface area contributed by atoms with E-state index in [1.165, 1.54) is 46.6 Å². The Labute approximate surface area is 233 Å². The quantitative estimate of drug-likeness (QED) is 0.140. The predicted molar refractivity (Wildman–Crippen MR) is 145 cm³/mol. The molecule has 0 bridgehead atoms. The summed E-state index contributed by atoms with van der Waals surface area (Å²) in [6.07, 6.45) is 2.54. The van der Waals surface area contributed by atoms with E-state index in [-0.39, 0.29) is 17.0 Å². The SMILES string of the molecule is COc1cc(OC)c(/C=C/C(=O)Nc2ccc(OC)c(-c3c([N+](=O)[O-])ccc(S(=O)(=O)O)c3[N+](=O)[O-])c2)c(OC)c1. The van der Waals surface area contributed by atoms with Gasteiger partial charge in [-0.3, -0.25) is 29.6 Å². The van der Waals surface area contributed by atoms with Crippen LogP contribution in [0.4, 0.5) is 17.1 Å². The third-order valence-electron chi connectivity index (χ3n) is 5.67. The number of rotatable bonds is 11. The Bertz CT molecular complexity index is 1640. The molecule has 0 spiro atoms. The molecular weight excluding hydrogens is 566 g/mol. The van der Waals surface area contributed by atoms with Gasteiger partial charge in [-0.1, -0.05) is 0 Å². The number of benzene rings is 3. The summed E-state index contributed by atoms with van der Waals surface area (Å²) in [5.74, 6) is 0.333. The van der Waals surface area contributed by atoms with Crippen LogP contribution in [-0.4, -0.2) is 57.2 Å². The molecule has 1 amide bonds. The molecule has 0 unspecified atom stereocenters. The first-order valence-corrected chi connectivity index (χ1v) is 12.7. The zero-order valence-corrected chi connectivity index (χ0v) is 22.8. The number of hydrogen-bond donors (Lipinski definition) is 2. The average Bonchev–Trinajstić information content (AvgIpc) is 2.93. The van der Waals surface area contributed by atoms with Crippen molar-refractivity contribution in [3.8, 4) is 34.1 Å². The Hall–Kier alpha value is -5.22. The van der Waals surface area contributed by atoms with Crippen LogP contribution in [0.25, 0.3) is 17.2 Å². The Balaban J connectivity index is 2.12. The predicted octanol–water partition coefficient (Wildman–Crippen LogP) is 4.10. The Kier molecular flexibility index (Phi) is 9.10. The van der Waals surface area contributed by atoms with Crippen molar-refractivity contribution >= 4 is 39.2 Å². The van der Waals surface area contributed by atoms with E-state index in [1.807, 2.05) is 0 Å². The van der Waals surface area contributed by atoms with Gasteiger partial charge in [-0.25, -0.2) is 0 Å². The van der Waals surface area contributed by atoms with Crippen LogP contribution in [0.1, 0.15) is 5.56 Å². The van der Waals surface area contributed by atoms with Gasteiger partial charge in [0.1, 0.15) is 28.6 Å². The van der Waals surface area contributed by atoms with Crippen molar-refractivity contribution in [2.45, 2.75) is 4.90 Å². The highest BCUT2D eigenvalue weighted by Gasteiger charge is 2.36. The van der Waals surface area contributed by atoms with Gasteiger partial charge in [0.2, 0.25) is 5.91 Å². The van der Waals surface area contributed by atoms with Gasteiger partial charge >= 0.3 is 15.8 Å². The van der Waals surface area contributed by atoms with Crippen LogP contribution in [0.5, 0.6) is 23.0 Å². The van der Waals surface area contributed by atoms with Gasteiger partial charge in [-0.2, -0.15) is 8.42 Å². The van der Waals surface area contributed by atoms with E-state index in [9.17, 15) is 38.0 Å². The summed E-state index contributed by atoms with van der Waals surface area (Å²) in [6.45, 7) is 0. The molecule has 0 aromatic heterocycles. The Morgan fingerprint density at radius 1 is 0.878 bits per heavy atom. The summed E-state index contributed by atoms with van der Waals surface area (Å²) < 4.78 is 54.4. The highest BCUT2D eigenvalue weighted by Crippen LogP contribution is 2.46. The van der Waals surface area contributed by atoms with Crippen LogP contribution in [0, 0.1) is 20.2 Å². The largest absolute Gasteiger partial charge is 0.496 e. The fourth-order valence-corrected chi connectivity index (χ4v) is 4.55. The number of nitrogens with one attached hydrogen (secondary N) is 1. The van der Waals surface area contributed by atoms with E-state index in [0.717, 1.165) is 12.1 Å². The summed E-state index contributed by atoms with van der Waals surface area (Å²) in [5, 5.41) is 26.2. The van der Waals surface area contributed by atoms with E-state index in [1.54, 1.807) is 12.1 Å². The maximum Gasteiger partial charge on any atom is 0.305 e. The lowest BCUT2D eigenvalue weighted by Crippen LogP contribution is -2.09. The van der Waals surface area contributed by atoms with Gasteiger partial charge in [-0.05, 0) is 30.3 Å². The van der Waals surface area contributed by atoms with E-state index in [2.05, 4.69) is 5.32 Å². The molecule has 0 saturated heterocycles. The molecule has 216 valence electrons. The molecule has 0 aliphatic heterocycles. The summed E-state index contributed by atoms with van der Waals surface area (Å²) in [4.78, 5) is 33.2. The molecule has 3 aromatic carbocycles. The minimum absolute atomic E-state index is 0.0185. The smallest absolute Gasteiger partial charge is 0.305 e. The number of ether oxygens (including phenoxy) is 4. The maximum atomic E-state index is 12.8. The van der Waals surface area contributed by atoms with Gasteiger partial charge in [0.05, 0.1) is 43.8 Å². The number of anilines is 1. The van der Waals surface area contributed by atoms with E-state index in [4.69, 9.17) is 18.9 Å². The number of nitro groups is 2. The van der Waals surface area contributed by atoms with Crippen molar-refractivity contribution in [3.63, 3.8) is 0 Å². The normalized spacial score (nSPS) is 11.1. The number of carbonyl (C=O) groups is 1. The highest BCUT2D eigenvalue weighted by molar-refractivity contribution is 7.86. The Morgan fingerprint density at radius 2 is 1.49 bits per heavy atom. The Morgan fingerprint density at radius 3 is 1.98 bits per heavy atom. The van der Waals surface area contributed by atoms with Gasteiger partial charge < -0.3 is 24.3 Å². The molecule has 0 fully saturated rings. The van der Waals surface area contributed by atoms with E-state index < -0.39 is 47.7 Å². The van der Waals surface area contributed by atoms with Crippen LogP contribution in [0.3, 0.4) is 0 Å². The minimum atomic E-state index is -5.16. The van der Waals surface area contributed by atoms with Crippen molar-refractivity contribution in [1.29, 1.82) is 0 Å². The second-order valence-corrected chi connectivity index (χ2v) is 9.37. The van der Waals surface area contributed by atoms with E-state index in [0.29, 0.717) is 34.9 Å². The second-order valence-electron chi connectivity index (χ2n) is 7.98. The summed E-state index contributed by atoms with van der Waals surface area (Å²) in [7, 11) is 0.312. The van der Waals surface area contributed by atoms with Crippen molar-refractivity contribution in [2.24, 2.45) is 0 Å². The maximum absolute atomic E-state index is 12.8. The molecule has 2 N–H and O–H groups in total. The number of amides is 1. The lowest BCUT2D eigenvalue weighted by molar-refractivity contribution is -0.394. The van der Waals surface area contributed by atoms with Gasteiger partial charge in [0.15, 0.2) is 4.90 Å². The number of nitrogens with zero attached hydrogens (tertiary/aromatic N) is 2. The van der Waals surface area contributed by atoms with Crippen LogP contribution < -0.4 is 24.3 Å². The zero-order chi connectivity index (χ0) is 30.5. The lowest BCUT2D eigenvalue weighted by Gasteiger charge is -2.13. The van der Waals surface area contributed by atoms with Crippen molar-refractivity contribution in [1.82, 2.24) is 0 Å².